The van der Waals surface area contributed by atoms with Crippen molar-refractivity contribution in [2.45, 2.75) is 12.5 Å². The number of hydrogen-bond donors (Lipinski definition) is 1. The topological polar surface area (TPSA) is 100 Å². The Bertz CT molecular complexity index is 1070. The van der Waals surface area contributed by atoms with Gasteiger partial charge in [0.1, 0.15) is 23.2 Å². The van der Waals surface area contributed by atoms with E-state index in [1.54, 1.807) is 30.3 Å². The fourth-order valence-corrected chi connectivity index (χ4v) is 4.90. The van der Waals surface area contributed by atoms with Crippen molar-refractivity contribution in [3.8, 4) is 17.4 Å². The number of nitriles is 1. The van der Waals surface area contributed by atoms with Crippen LogP contribution in [0.25, 0.3) is 17.4 Å². The first-order valence-corrected chi connectivity index (χ1v) is 10.5. The second-order valence-corrected chi connectivity index (χ2v) is 9.14. The molecule has 27 heavy (non-hydrogen) atoms. The zero-order valence-corrected chi connectivity index (χ0v) is 16.2. The van der Waals surface area contributed by atoms with E-state index in [-0.39, 0.29) is 17.1 Å². The van der Waals surface area contributed by atoms with Gasteiger partial charge in [0.25, 0.3) is 5.91 Å². The van der Waals surface area contributed by atoms with Crippen LogP contribution in [0.4, 0.5) is 0 Å². The van der Waals surface area contributed by atoms with Gasteiger partial charge < -0.3 is 9.73 Å². The summed E-state index contributed by atoms with van der Waals surface area (Å²) in [6.07, 6.45) is 1.64. The zero-order valence-electron chi connectivity index (χ0n) is 13.9. The Morgan fingerprint density at radius 3 is 2.70 bits per heavy atom. The summed E-state index contributed by atoms with van der Waals surface area (Å²) in [5.41, 5.74) is 0.447. The SMILES string of the molecule is N#C/C(=C\c1ccc(-c2ccc(Cl)cc2Cl)o1)C(=O)N[C@H]1CCS(=O)(=O)C1. The molecule has 1 N–H and O–H groups in total. The maximum Gasteiger partial charge on any atom is 0.262 e. The molecule has 0 bridgehead atoms. The molecule has 1 saturated heterocycles. The lowest BCUT2D eigenvalue weighted by Gasteiger charge is -2.09. The number of hydrogen-bond acceptors (Lipinski definition) is 5. The summed E-state index contributed by atoms with van der Waals surface area (Å²) in [7, 11) is -3.12. The molecular weight excluding hydrogens is 411 g/mol. The van der Waals surface area contributed by atoms with Gasteiger partial charge in [-0.1, -0.05) is 23.2 Å². The Kier molecular flexibility index (Phi) is 5.61. The van der Waals surface area contributed by atoms with E-state index in [4.69, 9.17) is 27.6 Å². The van der Waals surface area contributed by atoms with Crippen molar-refractivity contribution in [3.05, 3.63) is 51.7 Å². The third kappa shape index (κ3) is 4.72. The normalized spacial score (nSPS) is 18.9. The molecule has 0 unspecified atom stereocenters. The minimum absolute atomic E-state index is 0.0347. The molecule has 1 aromatic carbocycles. The largest absolute Gasteiger partial charge is 0.457 e. The van der Waals surface area contributed by atoms with Crippen LogP contribution in [0.3, 0.4) is 0 Å². The second-order valence-electron chi connectivity index (χ2n) is 6.07. The van der Waals surface area contributed by atoms with Crippen LogP contribution in [0.5, 0.6) is 0 Å². The Morgan fingerprint density at radius 2 is 2.07 bits per heavy atom. The minimum atomic E-state index is -3.12. The van der Waals surface area contributed by atoms with Gasteiger partial charge in [0.15, 0.2) is 9.84 Å². The number of amides is 1. The van der Waals surface area contributed by atoms with E-state index in [0.717, 1.165) is 0 Å². The predicted molar refractivity (Wildman–Crippen MR) is 103 cm³/mol. The first-order valence-electron chi connectivity index (χ1n) is 7.96. The van der Waals surface area contributed by atoms with Gasteiger partial charge in [-0.25, -0.2) is 8.42 Å². The van der Waals surface area contributed by atoms with E-state index in [2.05, 4.69) is 5.32 Å². The van der Waals surface area contributed by atoms with Gasteiger partial charge in [0, 0.05) is 22.7 Å². The Hall–Kier alpha value is -2.27. The molecule has 1 atom stereocenters. The molecule has 9 heteroatoms. The number of carbonyl (C=O) groups is 1. The maximum atomic E-state index is 12.2. The summed E-state index contributed by atoms with van der Waals surface area (Å²) in [6, 6.07) is 9.55. The molecule has 140 valence electrons. The standard InChI is InChI=1S/C18H14Cl2N2O4S/c19-12-1-3-15(16(20)8-12)17-4-2-14(26-17)7-11(9-21)18(23)22-13-5-6-27(24,25)10-13/h1-4,7-8,13H,5-6,10H2,(H,22,23)/b11-7+/t13-/m0/s1. The first-order chi connectivity index (χ1) is 12.8. The van der Waals surface area contributed by atoms with E-state index in [9.17, 15) is 18.5 Å². The van der Waals surface area contributed by atoms with Gasteiger partial charge in [-0.15, -0.1) is 0 Å². The smallest absolute Gasteiger partial charge is 0.262 e. The highest BCUT2D eigenvalue weighted by molar-refractivity contribution is 7.91. The first kappa shape index (κ1) is 19.5. The lowest BCUT2D eigenvalue weighted by Crippen LogP contribution is -2.36. The minimum Gasteiger partial charge on any atom is -0.457 e. The maximum absolute atomic E-state index is 12.2. The van der Waals surface area contributed by atoms with Crippen molar-refractivity contribution in [1.29, 1.82) is 5.26 Å². The zero-order chi connectivity index (χ0) is 19.6. The molecule has 1 aliphatic rings. The monoisotopic (exact) mass is 424 g/mol. The molecule has 0 saturated carbocycles. The highest BCUT2D eigenvalue weighted by Gasteiger charge is 2.29. The second kappa shape index (κ2) is 7.77. The van der Waals surface area contributed by atoms with Crippen LogP contribution >= 0.6 is 23.2 Å². The van der Waals surface area contributed by atoms with E-state index in [1.807, 2.05) is 6.07 Å². The summed E-state index contributed by atoms with van der Waals surface area (Å²) in [5, 5.41) is 12.7. The number of nitrogens with zero attached hydrogens (tertiary/aromatic N) is 1. The molecule has 1 aromatic heterocycles. The molecule has 0 radical (unpaired) electrons. The molecule has 6 nitrogen and oxygen atoms in total. The van der Waals surface area contributed by atoms with Crippen molar-refractivity contribution in [3.63, 3.8) is 0 Å². The van der Waals surface area contributed by atoms with Gasteiger partial charge in [0.05, 0.1) is 16.5 Å². The Morgan fingerprint density at radius 1 is 1.30 bits per heavy atom. The molecule has 2 heterocycles. The number of nitrogens with one attached hydrogen (secondary N) is 1. The molecule has 0 aliphatic carbocycles. The van der Waals surface area contributed by atoms with Crippen molar-refractivity contribution < 1.29 is 17.6 Å². The van der Waals surface area contributed by atoms with Crippen molar-refractivity contribution in [2.24, 2.45) is 0 Å². The van der Waals surface area contributed by atoms with Crippen LogP contribution in [0.2, 0.25) is 10.0 Å². The Balaban J connectivity index is 1.77. The molecule has 0 spiro atoms. The van der Waals surface area contributed by atoms with Crippen molar-refractivity contribution in [2.75, 3.05) is 11.5 Å². The summed E-state index contributed by atoms with van der Waals surface area (Å²) in [4.78, 5) is 12.2. The van der Waals surface area contributed by atoms with Crippen LogP contribution in [0, 0.1) is 11.3 Å². The van der Waals surface area contributed by atoms with Crippen molar-refractivity contribution >= 4 is 45.0 Å². The lowest BCUT2D eigenvalue weighted by molar-refractivity contribution is -0.117. The number of sulfone groups is 1. The number of benzene rings is 1. The van der Waals surface area contributed by atoms with Crippen LogP contribution in [0.1, 0.15) is 12.2 Å². The van der Waals surface area contributed by atoms with Crippen molar-refractivity contribution in [1.82, 2.24) is 5.32 Å². The molecule has 1 fully saturated rings. The highest BCUT2D eigenvalue weighted by Crippen LogP contribution is 2.32. The fourth-order valence-electron chi connectivity index (χ4n) is 2.73. The third-order valence-corrected chi connectivity index (χ3v) is 6.36. The van der Waals surface area contributed by atoms with E-state index >= 15 is 0 Å². The average Bonchev–Trinajstić information content (AvgIpc) is 3.18. The molecule has 3 rings (SSSR count). The molecule has 1 amide bonds. The highest BCUT2D eigenvalue weighted by atomic mass is 35.5. The summed E-state index contributed by atoms with van der Waals surface area (Å²) >= 11 is 12.0. The van der Waals surface area contributed by atoms with Crippen LogP contribution in [0.15, 0.2) is 40.3 Å². The molecule has 1 aliphatic heterocycles. The van der Waals surface area contributed by atoms with Crippen LogP contribution in [-0.2, 0) is 14.6 Å². The number of furan rings is 1. The number of rotatable bonds is 4. The fraction of sp³-hybridized carbons (Fsp3) is 0.222. The molecule has 2 aromatic rings. The Labute approximate surface area is 166 Å². The summed E-state index contributed by atoms with van der Waals surface area (Å²) in [5.74, 6) is 0.0380. The quantitative estimate of drug-likeness (QED) is 0.597. The van der Waals surface area contributed by atoms with E-state index in [0.29, 0.717) is 33.6 Å². The van der Waals surface area contributed by atoms with E-state index < -0.39 is 21.8 Å². The van der Waals surface area contributed by atoms with Gasteiger partial charge in [0.2, 0.25) is 0 Å². The third-order valence-electron chi connectivity index (χ3n) is 4.04. The number of carbonyl (C=O) groups excluding carboxylic acids is 1. The van der Waals surface area contributed by atoms with Crippen LogP contribution in [-0.4, -0.2) is 31.9 Å². The summed E-state index contributed by atoms with van der Waals surface area (Å²) < 4.78 is 28.6. The van der Waals surface area contributed by atoms with Gasteiger partial charge >= 0.3 is 0 Å². The van der Waals surface area contributed by atoms with Gasteiger partial charge in [-0.05, 0) is 36.8 Å². The predicted octanol–water partition coefficient (Wildman–Crippen LogP) is 3.46. The number of halogens is 2. The van der Waals surface area contributed by atoms with Crippen LogP contribution < -0.4 is 5.32 Å². The van der Waals surface area contributed by atoms with E-state index in [1.165, 1.54) is 6.08 Å². The van der Waals surface area contributed by atoms with Gasteiger partial charge in [-0.2, -0.15) is 5.26 Å². The average molecular weight is 425 g/mol. The van der Waals surface area contributed by atoms with Gasteiger partial charge in [-0.3, -0.25) is 4.79 Å². The molecular formula is C18H14Cl2N2O4S. The summed E-state index contributed by atoms with van der Waals surface area (Å²) in [6.45, 7) is 0. The lowest BCUT2D eigenvalue weighted by atomic mass is 10.2.